The molecule has 0 spiro atoms. The summed E-state index contributed by atoms with van der Waals surface area (Å²) >= 11 is 7.54. The van der Waals surface area contributed by atoms with E-state index in [1.807, 2.05) is 11.4 Å². The van der Waals surface area contributed by atoms with E-state index in [1.54, 1.807) is 11.3 Å². The van der Waals surface area contributed by atoms with Gasteiger partial charge in [-0.1, -0.05) is 0 Å². The Bertz CT molecular complexity index is 591. The number of aromatic nitrogens is 2. The molecule has 2 aromatic heterocycles. The molecule has 1 aliphatic heterocycles. The minimum Gasteiger partial charge on any atom is -0.394 e. The molecule has 0 aliphatic carbocycles. The summed E-state index contributed by atoms with van der Waals surface area (Å²) in [6.45, 7) is 3.26. The summed E-state index contributed by atoms with van der Waals surface area (Å²) in [6.07, 6.45) is -0.182. The van der Waals surface area contributed by atoms with Crippen LogP contribution < -0.4 is 4.90 Å². The predicted octanol–water partition coefficient (Wildman–Crippen LogP) is 1.93. The third-order valence-corrected chi connectivity index (χ3v) is 4.23. The lowest BCUT2D eigenvalue weighted by atomic mass is 10.2. The third kappa shape index (κ3) is 2.41. The van der Waals surface area contributed by atoms with Gasteiger partial charge in [-0.15, -0.1) is 11.3 Å². The average Bonchev–Trinajstić information content (AvgIpc) is 2.86. The second-order valence-electron chi connectivity index (χ2n) is 4.59. The molecule has 1 N–H and O–H groups in total. The lowest BCUT2D eigenvalue weighted by Gasteiger charge is -2.38. The Balaban J connectivity index is 2.04. The summed E-state index contributed by atoms with van der Waals surface area (Å²) < 4.78 is 5.55. The van der Waals surface area contributed by atoms with Crippen LogP contribution in [0.15, 0.2) is 11.4 Å². The van der Waals surface area contributed by atoms with Crippen molar-refractivity contribution < 1.29 is 9.84 Å². The number of ether oxygens (including phenoxy) is 1. The van der Waals surface area contributed by atoms with Crippen LogP contribution in [0.2, 0.25) is 5.28 Å². The van der Waals surface area contributed by atoms with Crippen molar-refractivity contribution in [2.24, 2.45) is 0 Å². The van der Waals surface area contributed by atoms with Crippen LogP contribution in [0.25, 0.3) is 10.2 Å². The van der Waals surface area contributed by atoms with Crippen LogP contribution in [0, 0.1) is 0 Å². The maximum Gasteiger partial charge on any atom is 0.225 e. The molecule has 2 unspecified atom stereocenters. The van der Waals surface area contributed by atoms with E-state index in [1.165, 1.54) is 0 Å². The molecule has 7 heteroatoms. The maximum atomic E-state index is 9.26. The summed E-state index contributed by atoms with van der Waals surface area (Å²) in [5.41, 5.74) is 0. The summed E-state index contributed by atoms with van der Waals surface area (Å²) in [6, 6.07) is 2.19. The predicted molar refractivity (Wildman–Crippen MR) is 76.1 cm³/mol. The van der Waals surface area contributed by atoms with E-state index in [4.69, 9.17) is 16.3 Å². The van der Waals surface area contributed by atoms with Crippen molar-refractivity contribution >= 4 is 39.0 Å². The highest BCUT2D eigenvalue weighted by atomic mass is 35.5. The van der Waals surface area contributed by atoms with Crippen molar-refractivity contribution in [2.75, 3.05) is 24.7 Å². The molecule has 0 radical (unpaired) electrons. The SMILES string of the molecule is CC1COC(CO)CN1c1nc(Cl)nc2sccc12. The van der Waals surface area contributed by atoms with Crippen molar-refractivity contribution in [3.63, 3.8) is 0 Å². The lowest BCUT2D eigenvalue weighted by molar-refractivity contribution is -0.0104. The van der Waals surface area contributed by atoms with Gasteiger partial charge in [0, 0.05) is 6.54 Å². The Morgan fingerprint density at radius 2 is 2.42 bits per heavy atom. The van der Waals surface area contributed by atoms with E-state index >= 15 is 0 Å². The van der Waals surface area contributed by atoms with E-state index in [2.05, 4.69) is 21.8 Å². The Hall–Kier alpha value is -0.950. The molecule has 0 saturated carbocycles. The third-order valence-electron chi connectivity index (χ3n) is 3.26. The zero-order chi connectivity index (χ0) is 13.4. The van der Waals surface area contributed by atoms with Gasteiger partial charge in [0.15, 0.2) is 0 Å². The molecule has 19 heavy (non-hydrogen) atoms. The first kappa shape index (κ1) is 13.1. The zero-order valence-corrected chi connectivity index (χ0v) is 12.0. The number of aliphatic hydroxyl groups is 1. The Morgan fingerprint density at radius 3 is 3.21 bits per heavy atom. The molecule has 2 aromatic rings. The second kappa shape index (κ2) is 5.20. The first-order valence-corrected chi connectivity index (χ1v) is 7.34. The smallest absolute Gasteiger partial charge is 0.225 e. The van der Waals surface area contributed by atoms with Crippen LogP contribution >= 0.6 is 22.9 Å². The molecule has 0 bridgehead atoms. The Labute approximate surface area is 119 Å². The number of fused-ring (bicyclic) bond motifs is 1. The molecule has 3 heterocycles. The topological polar surface area (TPSA) is 58.5 Å². The lowest BCUT2D eigenvalue weighted by Crippen LogP contribution is -2.50. The van der Waals surface area contributed by atoms with Gasteiger partial charge in [-0.3, -0.25) is 0 Å². The number of rotatable bonds is 2. The number of hydrogen-bond acceptors (Lipinski definition) is 6. The van der Waals surface area contributed by atoms with Crippen LogP contribution in [0.3, 0.4) is 0 Å². The van der Waals surface area contributed by atoms with E-state index < -0.39 is 0 Å². The summed E-state index contributed by atoms with van der Waals surface area (Å²) in [5, 5.41) is 12.5. The molecule has 102 valence electrons. The fourth-order valence-electron chi connectivity index (χ4n) is 2.26. The van der Waals surface area contributed by atoms with Crippen molar-refractivity contribution in [2.45, 2.75) is 19.1 Å². The first-order chi connectivity index (χ1) is 9.19. The number of aliphatic hydroxyl groups excluding tert-OH is 1. The van der Waals surface area contributed by atoms with Crippen molar-refractivity contribution in [1.82, 2.24) is 9.97 Å². The fourth-order valence-corrected chi connectivity index (χ4v) is 3.23. The molecule has 5 nitrogen and oxygen atoms in total. The summed E-state index contributed by atoms with van der Waals surface area (Å²) in [7, 11) is 0. The summed E-state index contributed by atoms with van der Waals surface area (Å²) in [5.74, 6) is 0.825. The minimum atomic E-state index is -0.182. The molecule has 1 saturated heterocycles. The van der Waals surface area contributed by atoms with E-state index in [-0.39, 0.29) is 24.0 Å². The molecule has 1 aliphatic rings. The van der Waals surface area contributed by atoms with Gasteiger partial charge in [0.1, 0.15) is 10.6 Å². The monoisotopic (exact) mass is 299 g/mol. The van der Waals surface area contributed by atoms with Crippen LogP contribution in [-0.2, 0) is 4.74 Å². The minimum absolute atomic E-state index is 0.00875. The van der Waals surface area contributed by atoms with Crippen molar-refractivity contribution in [3.8, 4) is 0 Å². The second-order valence-corrected chi connectivity index (χ2v) is 5.83. The quantitative estimate of drug-likeness (QED) is 0.859. The van der Waals surface area contributed by atoms with Gasteiger partial charge >= 0.3 is 0 Å². The van der Waals surface area contributed by atoms with Crippen molar-refractivity contribution in [3.05, 3.63) is 16.7 Å². The molecule has 0 aromatic carbocycles. The molecular weight excluding hydrogens is 286 g/mol. The largest absolute Gasteiger partial charge is 0.394 e. The Morgan fingerprint density at radius 1 is 1.58 bits per heavy atom. The van der Waals surface area contributed by atoms with E-state index in [0.717, 1.165) is 16.0 Å². The number of halogens is 1. The van der Waals surface area contributed by atoms with Crippen LogP contribution in [0.1, 0.15) is 6.92 Å². The number of morpholine rings is 1. The van der Waals surface area contributed by atoms with Gasteiger partial charge in [-0.05, 0) is 30.0 Å². The van der Waals surface area contributed by atoms with Gasteiger partial charge in [0.25, 0.3) is 0 Å². The number of nitrogens with zero attached hydrogens (tertiary/aromatic N) is 3. The van der Waals surface area contributed by atoms with Crippen LogP contribution in [0.4, 0.5) is 5.82 Å². The van der Waals surface area contributed by atoms with Gasteiger partial charge in [0.2, 0.25) is 5.28 Å². The highest BCUT2D eigenvalue weighted by Gasteiger charge is 2.28. The molecule has 2 atom stereocenters. The average molecular weight is 300 g/mol. The first-order valence-electron chi connectivity index (χ1n) is 6.09. The highest BCUT2D eigenvalue weighted by Crippen LogP contribution is 2.31. The van der Waals surface area contributed by atoms with E-state index in [9.17, 15) is 5.11 Å². The number of thiophene rings is 1. The van der Waals surface area contributed by atoms with Gasteiger partial charge in [-0.2, -0.15) is 4.98 Å². The van der Waals surface area contributed by atoms with Gasteiger partial charge in [0.05, 0.1) is 30.7 Å². The van der Waals surface area contributed by atoms with E-state index in [0.29, 0.717) is 13.2 Å². The van der Waals surface area contributed by atoms with Crippen molar-refractivity contribution in [1.29, 1.82) is 0 Å². The van der Waals surface area contributed by atoms with Crippen LogP contribution in [0.5, 0.6) is 0 Å². The fraction of sp³-hybridized carbons (Fsp3) is 0.500. The van der Waals surface area contributed by atoms with Gasteiger partial charge < -0.3 is 14.7 Å². The van der Waals surface area contributed by atoms with Gasteiger partial charge in [-0.25, -0.2) is 4.98 Å². The molecule has 1 fully saturated rings. The Kier molecular flexibility index (Phi) is 3.58. The molecule has 0 amide bonds. The van der Waals surface area contributed by atoms with Crippen LogP contribution in [-0.4, -0.2) is 47.0 Å². The highest BCUT2D eigenvalue weighted by molar-refractivity contribution is 7.16. The molecular formula is C12H14ClN3O2S. The normalized spacial score (nSPS) is 24.1. The standard InChI is InChI=1S/C12H14ClN3O2S/c1-7-6-18-8(5-17)4-16(7)10-9-2-3-19-11(9)15-12(13)14-10/h2-3,7-8,17H,4-6H2,1H3. The summed E-state index contributed by atoms with van der Waals surface area (Å²) in [4.78, 5) is 11.6. The zero-order valence-electron chi connectivity index (χ0n) is 10.4. The number of hydrogen-bond donors (Lipinski definition) is 1. The molecule has 3 rings (SSSR count). The number of anilines is 1. The maximum absolute atomic E-state index is 9.26.